The predicted molar refractivity (Wildman–Crippen MR) is 269 cm³/mol. The number of para-hydroxylation sites is 4. The standard InChI is InChI=1S/C61H42N2O/c1-41-37-47(38-53(44-21-7-3-8-22-44)60(41)45-23-9-4-10-24-45)62(46-35-33-43(34-36-46)42-19-5-2-6-20-42)48-39-54(61-55(40-48)52-28-14-18-32-59(52)64-61)51-27-13-17-31-58(51)63-56-29-15-11-25-49(56)50-26-12-16-30-57(50)63/h2-40H,1H3. The molecule has 12 aromatic rings. The quantitative estimate of drug-likeness (QED) is 0.152. The summed E-state index contributed by atoms with van der Waals surface area (Å²) in [5.74, 6) is 0. The Morgan fingerprint density at radius 1 is 0.359 bits per heavy atom. The zero-order chi connectivity index (χ0) is 42.6. The van der Waals surface area contributed by atoms with Crippen molar-refractivity contribution in [2.24, 2.45) is 0 Å². The number of aromatic nitrogens is 1. The molecule has 0 N–H and O–H groups in total. The predicted octanol–water partition coefficient (Wildman–Crippen LogP) is 17.1. The van der Waals surface area contributed by atoms with Gasteiger partial charge in [-0.05, 0) is 107 Å². The molecule has 302 valence electrons. The SMILES string of the molecule is Cc1cc(N(c2ccc(-c3ccccc3)cc2)c2cc(-c3ccccc3-n3c4ccccc4c4ccccc43)c3oc4ccccc4c3c2)cc(-c2ccccc2)c1-c1ccccc1. The summed E-state index contributed by atoms with van der Waals surface area (Å²) in [6, 6.07) is 85.2. The summed E-state index contributed by atoms with van der Waals surface area (Å²) in [7, 11) is 0. The molecule has 2 heterocycles. The fourth-order valence-corrected chi connectivity index (χ4v) is 9.83. The van der Waals surface area contributed by atoms with Crippen LogP contribution in [0, 0.1) is 6.92 Å². The van der Waals surface area contributed by atoms with Gasteiger partial charge < -0.3 is 13.9 Å². The minimum atomic E-state index is 0.859. The summed E-state index contributed by atoms with van der Waals surface area (Å²) in [5, 5.41) is 4.59. The lowest BCUT2D eigenvalue weighted by atomic mass is 9.90. The summed E-state index contributed by atoms with van der Waals surface area (Å²) < 4.78 is 9.34. The summed E-state index contributed by atoms with van der Waals surface area (Å²) in [6.07, 6.45) is 0. The molecule has 0 aliphatic heterocycles. The Morgan fingerprint density at radius 3 is 1.56 bits per heavy atom. The van der Waals surface area contributed by atoms with E-state index in [-0.39, 0.29) is 0 Å². The van der Waals surface area contributed by atoms with Gasteiger partial charge in [0.25, 0.3) is 0 Å². The summed E-state index contributed by atoms with van der Waals surface area (Å²) >= 11 is 0. The fourth-order valence-electron chi connectivity index (χ4n) is 9.83. The molecular formula is C61H42N2O. The Morgan fingerprint density at radius 2 is 0.875 bits per heavy atom. The van der Waals surface area contributed by atoms with Crippen LogP contribution in [-0.4, -0.2) is 4.57 Å². The van der Waals surface area contributed by atoms with E-state index < -0.39 is 0 Å². The van der Waals surface area contributed by atoms with E-state index in [0.29, 0.717) is 0 Å². The molecule has 0 bridgehead atoms. The van der Waals surface area contributed by atoms with Crippen molar-refractivity contribution >= 4 is 60.8 Å². The number of aryl methyl sites for hydroxylation is 1. The molecule has 10 aromatic carbocycles. The topological polar surface area (TPSA) is 21.3 Å². The molecule has 64 heavy (non-hydrogen) atoms. The van der Waals surface area contributed by atoms with Crippen LogP contribution in [0.1, 0.15) is 5.56 Å². The van der Waals surface area contributed by atoms with Crippen molar-refractivity contribution in [1.29, 1.82) is 0 Å². The molecule has 0 unspecified atom stereocenters. The maximum atomic E-state index is 6.93. The molecule has 0 radical (unpaired) electrons. The van der Waals surface area contributed by atoms with E-state index in [0.717, 1.165) is 66.8 Å². The van der Waals surface area contributed by atoms with Crippen LogP contribution in [0.2, 0.25) is 0 Å². The Hall–Kier alpha value is -8.40. The number of rotatable bonds is 8. The van der Waals surface area contributed by atoms with Gasteiger partial charge in [-0.3, -0.25) is 0 Å². The molecule has 0 amide bonds. The molecule has 12 rings (SSSR count). The van der Waals surface area contributed by atoms with Crippen LogP contribution in [0.5, 0.6) is 0 Å². The van der Waals surface area contributed by atoms with E-state index in [4.69, 9.17) is 4.42 Å². The molecule has 3 nitrogen and oxygen atoms in total. The third-order valence-electron chi connectivity index (χ3n) is 12.7. The Balaban J connectivity index is 1.15. The van der Waals surface area contributed by atoms with Crippen LogP contribution in [-0.2, 0) is 0 Å². The third-order valence-corrected chi connectivity index (χ3v) is 12.7. The van der Waals surface area contributed by atoms with Crippen molar-refractivity contribution < 1.29 is 4.42 Å². The lowest BCUT2D eigenvalue weighted by Gasteiger charge is -2.29. The maximum absolute atomic E-state index is 6.93. The molecule has 0 saturated carbocycles. The van der Waals surface area contributed by atoms with Crippen LogP contribution < -0.4 is 4.90 Å². The minimum Gasteiger partial charge on any atom is -0.455 e. The molecule has 3 heteroatoms. The lowest BCUT2D eigenvalue weighted by molar-refractivity contribution is 0.670. The highest BCUT2D eigenvalue weighted by Crippen LogP contribution is 2.48. The van der Waals surface area contributed by atoms with Crippen molar-refractivity contribution in [3.05, 3.63) is 242 Å². The van der Waals surface area contributed by atoms with Crippen LogP contribution >= 0.6 is 0 Å². The summed E-state index contributed by atoms with van der Waals surface area (Å²) in [5.41, 5.74) is 18.7. The second-order valence-electron chi connectivity index (χ2n) is 16.5. The molecule has 0 atom stereocenters. The number of furan rings is 1. The normalized spacial score (nSPS) is 11.5. The minimum absolute atomic E-state index is 0.859. The Bertz CT molecular complexity index is 3610. The van der Waals surface area contributed by atoms with E-state index in [1.165, 1.54) is 49.7 Å². The second-order valence-corrected chi connectivity index (χ2v) is 16.5. The first kappa shape index (κ1) is 37.4. The van der Waals surface area contributed by atoms with Crippen molar-refractivity contribution in [3.8, 4) is 50.2 Å². The van der Waals surface area contributed by atoms with Gasteiger partial charge in [-0.25, -0.2) is 0 Å². The number of benzene rings is 10. The molecule has 0 aliphatic rings. The van der Waals surface area contributed by atoms with Gasteiger partial charge in [0.05, 0.1) is 16.7 Å². The zero-order valence-electron chi connectivity index (χ0n) is 35.3. The largest absolute Gasteiger partial charge is 0.455 e. The van der Waals surface area contributed by atoms with Crippen LogP contribution in [0.25, 0.3) is 93.9 Å². The van der Waals surface area contributed by atoms with E-state index in [1.807, 2.05) is 0 Å². The fraction of sp³-hybridized carbons (Fsp3) is 0.0164. The third kappa shape index (κ3) is 6.29. The lowest BCUT2D eigenvalue weighted by Crippen LogP contribution is -2.11. The van der Waals surface area contributed by atoms with Gasteiger partial charge in [-0.2, -0.15) is 0 Å². The van der Waals surface area contributed by atoms with Gasteiger partial charge in [0, 0.05) is 49.7 Å². The van der Waals surface area contributed by atoms with Gasteiger partial charge in [0.2, 0.25) is 0 Å². The van der Waals surface area contributed by atoms with Crippen LogP contribution in [0.3, 0.4) is 0 Å². The number of hydrogen-bond acceptors (Lipinski definition) is 2. The van der Waals surface area contributed by atoms with Crippen LogP contribution in [0.4, 0.5) is 17.1 Å². The highest BCUT2D eigenvalue weighted by molar-refractivity contribution is 6.14. The molecule has 0 aliphatic carbocycles. The first-order valence-electron chi connectivity index (χ1n) is 21.9. The monoisotopic (exact) mass is 818 g/mol. The van der Waals surface area contributed by atoms with E-state index in [9.17, 15) is 0 Å². The van der Waals surface area contributed by atoms with Crippen LogP contribution in [0.15, 0.2) is 241 Å². The highest BCUT2D eigenvalue weighted by atomic mass is 16.3. The van der Waals surface area contributed by atoms with Gasteiger partial charge in [-0.1, -0.05) is 176 Å². The summed E-state index contributed by atoms with van der Waals surface area (Å²) in [6.45, 7) is 2.25. The van der Waals surface area contributed by atoms with Gasteiger partial charge >= 0.3 is 0 Å². The highest BCUT2D eigenvalue weighted by Gasteiger charge is 2.24. The first-order chi connectivity index (χ1) is 31.7. The smallest absolute Gasteiger partial charge is 0.143 e. The number of hydrogen-bond donors (Lipinski definition) is 0. The van der Waals surface area contributed by atoms with E-state index in [2.05, 4.69) is 253 Å². The van der Waals surface area contributed by atoms with Gasteiger partial charge in [-0.15, -0.1) is 0 Å². The maximum Gasteiger partial charge on any atom is 0.143 e. The molecular weight excluding hydrogens is 777 g/mol. The zero-order valence-corrected chi connectivity index (χ0v) is 35.3. The average Bonchev–Trinajstić information content (AvgIpc) is 3.91. The Labute approximate surface area is 372 Å². The van der Waals surface area contributed by atoms with Crippen molar-refractivity contribution in [1.82, 2.24) is 4.57 Å². The first-order valence-corrected chi connectivity index (χ1v) is 21.9. The van der Waals surface area contributed by atoms with E-state index in [1.54, 1.807) is 0 Å². The molecule has 2 aromatic heterocycles. The second kappa shape index (κ2) is 15.5. The number of anilines is 3. The molecule has 0 spiro atoms. The molecule has 0 saturated heterocycles. The van der Waals surface area contributed by atoms with Crippen molar-refractivity contribution in [3.63, 3.8) is 0 Å². The van der Waals surface area contributed by atoms with Crippen molar-refractivity contribution in [2.75, 3.05) is 4.90 Å². The van der Waals surface area contributed by atoms with Crippen molar-refractivity contribution in [2.45, 2.75) is 6.92 Å². The van der Waals surface area contributed by atoms with Gasteiger partial charge in [0.15, 0.2) is 0 Å². The van der Waals surface area contributed by atoms with Gasteiger partial charge in [0.1, 0.15) is 11.2 Å². The summed E-state index contributed by atoms with van der Waals surface area (Å²) in [4.78, 5) is 2.43. The average molecular weight is 819 g/mol. The molecule has 0 fully saturated rings. The van der Waals surface area contributed by atoms with E-state index >= 15 is 0 Å². The number of nitrogens with zero attached hydrogens (tertiary/aromatic N) is 2. The number of fused-ring (bicyclic) bond motifs is 6. The Kier molecular flexibility index (Phi) is 9.05.